The summed E-state index contributed by atoms with van der Waals surface area (Å²) >= 11 is 3.28. The number of pyridine rings is 3. The van der Waals surface area contributed by atoms with Crippen LogP contribution in [0.25, 0.3) is 14.5 Å². The van der Waals surface area contributed by atoms with Gasteiger partial charge in [0.25, 0.3) is 54.4 Å². The average molecular weight is 1420 g/mol. The summed E-state index contributed by atoms with van der Waals surface area (Å²) in [5.41, 5.74) is 11.8. The highest BCUT2D eigenvalue weighted by atomic mass is 79.9. The topological polar surface area (TPSA) is 385 Å². The maximum atomic E-state index is 13.3. The van der Waals surface area contributed by atoms with Gasteiger partial charge in [0.15, 0.2) is 5.82 Å². The van der Waals surface area contributed by atoms with E-state index in [1.807, 2.05) is 35.5 Å². The van der Waals surface area contributed by atoms with E-state index in [0.29, 0.717) is 153 Å². The predicted octanol–water partition coefficient (Wildman–Crippen LogP) is 6.03. The van der Waals surface area contributed by atoms with Crippen LogP contribution in [-0.4, -0.2) is 159 Å². The Bertz CT molecular complexity index is 4280. The zero-order valence-electron chi connectivity index (χ0n) is 56.6. The molecule has 34 heteroatoms. The fourth-order valence-electron chi connectivity index (χ4n) is 12.6. The molecule has 33 nitrogen and oxygen atoms in total. The van der Waals surface area contributed by atoms with Crippen LogP contribution in [0, 0.1) is 47.4 Å². The molecule has 6 aliphatic heterocycles. The molecule has 6 aliphatic rings. The van der Waals surface area contributed by atoms with Crippen molar-refractivity contribution in [1.29, 1.82) is 0 Å². The van der Waals surface area contributed by atoms with Crippen molar-refractivity contribution < 1.29 is 33.4 Å². The first kappa shape index (κ1) is 72.5. The molecule has 0 saturated carbocycles. The van der Waals surface area contributed by atoms with Crippen molar-refractivity contribution in [3.8, 4) is 0 Å². The number of fused-ring (bicyclic) bond motifs is 6. The third kappa shape index (κ3) is 16.0. The molecule has 6 aromatic heterocycles. The standard InChI is InChI=1S/C19H21N7O2.C18H20N8O2.C14H15BrN4O2.C14H22N4O4/c1-12-8-14(23-15-9-13(2)21-10-22-15)18(28)26-16(12)17(27)24-19(26)4-6-25(7-5-19)11-20-3;1-11-7-12(23-14-8-13(19)21-9-22-14)17(28)26-15(11)16(27)24-18(26)3-5-25(6-4-18)10-20-2;1-9-7-10(15)13(21)19-11(9)12(20)17-14(19)3-5-18(6-4-14)8-16-2;1-13(2,3)21-11(19)18(12(20)22-14(4,5)6)10-7-9(15)16-8-17-10/h8-10H,4-7,11H2,1-2H3,(H,24,27)(H,21,22,23);7-9H,3-6,10H2,1H3,(H,24,27)(H3,19,21,22,23);7H,3-6,8H2,1H3,(H,17,20);7-8H,1-6H3,(H2,15,16,17). The zero-order valence-corrected chi connectivity index (χ0v) is 58.2. The Morgan fingerprint density at radius 2 is 0.869 bits per heavy atom. The molecule has 3 saturated heterocycles. The molecule has 0 unspecified atom stereocenters. The second-order valence-corrected chi connectivity index (χ2v) is 27.4. The number of aryl methyl sites for hydroxylation is 4. The molecule has 0 aliphatic carbocycles. The summed E-state index contributed by atoms with van der Waals surface area (Å²) in [6.45, 7) is 43.4. The summed E-state index contributed by atoms with van der Waals surface area (Å²) in [6.07, 6.45) is 5.65. The minimum Gasteiger partial charge on any atom is -0.443 e. The lowest BCUT2D eigenvalue weighted by Gasteiger charge is -2.38. The monoisotopic (exact) mass is 1420 g/mol. The van der Waals surface area contributed by atoms with E-state index >= 15 is 0 Å². The highest BCUT2D eigenvalue weighted by Crippen LogP contribution is 2.38. The molecule has 12 rings (SSSR count). The van der Waals surface area contributed by atoms with Crippen LogP contribution >= 0.6 is 15.9 Å². The van der Waals surface area contributed by atoms with Crippen LogP contribution in [0.3, 0.4) is 0 Å². The molecule has 3 spiro atoms. The van der Waals surface area contributed by atoms with Crippen molar-refractivity contribution in [3.63, 3.8) is 0 Å². The number of piperidine rings is 3. The van der Waals surface area contributed by atoms with Gasteiger partial charge in [0.2, 0.25) is 0 Å². The number of hydrogen-bond donors (Lipinski definition) is 7. The number of imide groups is 1. The first-order valence-electron chi connectivity index (χ1n) is 31.6. The van der Waals surface area contributed by atoms with Crippen LogP contribution in [-0.2, 0) is 26.5 Å². The van der Waals surface area contributed by atoms with Crippen molar-refractivity contribution in [2.45, 2.75) is 136 Å². The lowest BCUT2D eigenvalue weighted by atomic mass is 9.97. The number of hydrogen-bond acceptors (Lipinski definition) is 23. The van der Waals surface area contributed by atoms with Crippen molar-refractivity contribution in [1.82, 2.24) is 74.3 Å². The molecule has 0 radical (unpaired) electrons. The molecule has 5 amide bonds. The van der Waals surface area contributed by atoms with E-state index in [2.05, 4.69) is 87.0 Å². The molecular formula is C65H78BrN23O10. The van der Waals surface area contributed by atoms with E-state index in [0.717, 1.165) is 23.1 Å². The summed E-state index contributed by atoms with van der Waals surface area (Å²) in [5.74, 6) is 0.666. The maximum absolute atomic E-state index is 13.3. The molecule has 0 atom stereocenters. The molecule has 3 fully saturated rings. The smallest absolute Gasteiger partial charge is 0.425 e. The Hall–Kier alpha value is -10.7. The first-order valence-corrected chi connectivity index (χ1v) is 32.4. The Morgan fingerprint density at radius 1 is 0.525 bits per heavy atom. The van der Waals surface area contributed by atoms with Gasteiger partial charge < -0.3 is 47.5 Å². The van der Waals surface area contributed by atoms with Crippen LogP contribution in [0.15, 0.2) is 74.2 Å². The van der Waals surface area contributed by atoms with Crippen LogP contribution < -0.4 is 59.6 Å². The minimum atomic E-state index is -0.903. The van der Waals surface area contributed by atoms with E-state index in [4.69, 9.17) is 40.7 Å². The third-order valence-electron chi connectivity index (χ3n) is 17.0. The van der Waals surface area contributed by atoms with E-state index in [-0.39, 0.29) is 51.9 Å². The summed E-state index contributed by atoms with van der Waals surface area (Å²) in [4.78, 5) is 142. The zero-order chi connectivity index (χ0) is 72.1. The molecule has 99 heavy (non-hydrogen) atoms. The Labute approximate surface area is 578 Å². The molecule has 12 heterocycles. The summed E-state index contributed by atoms with van der Waals surface area (Å²) < 4.78 is 15.7. The number of halogens is 1. The number of likely N-dealkylation sites (tertiary alicyclic amines) is 3. The van der Waals surface area contributed by atoms with Crippen molar-refractivity contribution in [3.05, 3.63) is 165 Å². The van der Waals surface area contributed by atoms with E-state index < -0.39 is 40.4 Å². The van der Waals surface area contributed by atoms with Crippen molar-refractivity contribution in [2.24, 2.45) is 0 Å². The van der Waals surface area contributed by atoms with Crippen molar-refractivity contribution in [2.75, 3.05) is 86.3 Å². The number of rotatable bonds is 8. The van der Waals surface area contributed by atoms with Crippen LogP contribution in [0.1, 0.15) is 134 Å². The second-order valence-electron chi connectivity index (χ2n) is 26.6. The number of carbonyl (C=O) groups is 5. The first-order chi connectivity index (χ1) is 46.7. The molecule has 6 aromatic rings. The SMILES string of the molecule is CC(C)(C)OC(=O)N(C(=O)OC(C)(C)C)c1cc(N)ncn1.[C-]#[N+]CN1CCC2(CC1)NC(=O)c1c(C)cc(Br)c(=O)n12.[C-]#[N+]CN1CCC2(CC1)NC(=O)c1c(C)cc(Nc3cc(C)ncn3)c(=O)n12.[C-]#[N+]CN1CCC2(CC1)NC(=O)c1c(C)cc(Nc3cc(N)ncn3)c(=O)n12. The lowest BCUT2D eigenvalue weighted by molar-refractivity contribution is 0.0427. The van der Waals surface area contributed by atoms with Crippen molar-refractivity contribution >= 4 is 86.3 Å². The summed E-state index contributed by atoms with van der Waals surface area (Å²) in [6, 6.07) is 9.62. The van der Waals surface area contributed by atoms with Gasteiger partial charge in [0, 0.05) is 102 Å². The minimum absolute atomic E-state index is 0.0176. The number of anilines is 7. The number of nitrogens with zero attached hydrogens (tertiary/aromatic N) is 16. The van der Waals surface area contributed by atoms with Gasteiger partial charge in [-0.05, 0) is 120 Å². The number of nitrogen functional groups attached to an aromatic ring is 2. The number of ether oxygens (including phenoxy) is 2. The Kier molecular flexibility index (Phi) is 21.4. The second kappa shape index (κ2) is 29.2. The van der Waals surface area contributed by atoms with Gasteiger partial charge in [-0.15, -0.1) is 0 Å². The molecule has 520 valence electrons. The van der Waals surface area contributed by atoms with Gasteiger partial charge in [-0.1, -0.05) is 0 Å². The molecule has 0 aromatic carbocycles. The fourth-order valence-corrected chi connectivity index (χ4v) is 13.1. The van der Waals surface area contributed by atoms with Gasteiger partial charge in [-0.25, -0.2) is 73.9 Å². The van der Waals surface area contributed by atoms with Crippen LogP contribution in [0.2, 0.25) is 0 Å². The largest absolute Gasteiger partial charge is 0.443 e. The number of nitrogens with one attached hydrogen (secondary N) is 5. The molecule has 0 bridgehead atoms. The lowest BCUT2D eigenvalue weighted by Crippen LogP contribution is -2.54. The molecule has 9 N–H and O–H groups in total. The number of nitrogens with two attached hydrogens (primary N) is 2. The van der Waals surface area contributed by atoms with Gasteiger partial charge in [-0.2, -0.15) is 4.90 Å². The van der Waals surface area contributed by atoms with Gasteiger partial charge in [0.05, 0.1) is 4.47 Å². The highest BCUT2D eigenvalue weighted by molar-refractivity contribution is 9.10. The highest BCUT2D eigenvalue weighted by Gasteiger charge is 2.50. The third-order valence-corrected chi connectivity index (χ3v) is 17.6. The fraction of sp³-hybridized carbons (Fsp3) is 0.462. The number of aromatic nitrogens is 9. The van der Waals surface area contributed by atoms with Gasteiger partial charge in [-0.3, -0.25) is 57.0 Å². The summed E-state index contributed by atoms with van der Waals surface area (Å²) in [7, 11) is 0. The predicted molar refractivity (Wildman–Crippen MR) is 368 cm³/mol. The normalized spacial score (nSPS) is 16.9. The van der Waals surface area contributed by atoms with E-state index in [1.54, 1.807) is 86.4 Å². The van der Waals surface area contributed by atoms with Gasteiger partial charge in [0.1, 0.15) is 98.9 Å². The maximum Gasteiger partial charge on any atom is 0.425 e. The Morgan fingerprint density at radius 3 is 1.22 bits per heavy atom. The Balaban J connectivity index is 0.000000156. The van der Waals surface area contributed by atoms with Crippen LogP contribution in [0.5, 0.6) is 0 Å². The van der Waals surface area contributed by atoms with Gasteiger partial charge >= 0.3 is 12.2 Å². The quantitative estimate of drug-likeness (QED) is 0.0855. The number of carbonyl (C=O) groups excluding carboxylic acids is 5. The average Bonchev–Trinajstić information content (AvgIpc) is 1.61. The number of amides is 5. The van der Waals surface area contributed by atoms with E-state index in [1.165, 1.54) is 24.8 Å². The van der Waals surface area contributed by atoms with Crippen LogP contribution in [0.4, 0.5) is 50.1 Å². The molecular weight excluding hydrogens is 1340 g/mol. The van der Waals surface area contributed by atoms with E-state index in [9.17, 15) is 38.4 Å². The summed E-state index contributed by atoms with van der Waals surface area (Å²) in [5, 5.41) is 15.1.